The Morgan fingerprint density at radius 2 is 1.72 bits per heavy atom. The van der Waals surface area contributed by atoms with Gasteiger partial charge in [-0.1, -0.05) is 29.8 Å². The fourth-order valence-electron chi connectivity index (χ4n) is 2.62. The third-order valence-electron chi connectivity index (χ3n) is 3.78. The highest BCUT2D eigenvalue weighted by atomic mass is 35.5. The van der Waals surface area contributed by atoms with E-state index in [1.165, 1.54) is 0 Å². The van der Waals surface area contributed by atoms with Crippen LogP contribution in [0.15, 0.2) is 77.9 Å². The first kappa shape index (κ1) is 15.4. The van der Waals surface area contributed by atoms with Crippen LogP contribution in [0.1, 0.15) is 0 Å². The van der Waals surface area contributed by atoms with Gasteiger partial charge in [0.1, 0.15) is 0 Å². The molecule has 0 saturated heterocycles. The van der Waals surface area contributed by atoms with Gasteiger partial charge in [-0.05, 0) is 42.5 Å². The monoisotopic (exact) mass is 348 g/mol. The van der Waals surface area contributed by atoms with E-state index in [-0.39, 0.29) is 5.56 Å². The molecule has 0 aliphatic carbocycles. The minimum atomic E-state index is -0.185. The van der Waals surface area contributed by atoms with E-state index in [1.807, 2.05) is 42.5 Å². The van der Waals surface area contributed by atoms with Gasteiger partial charge < -0.3 is 5.32 Å². The molecule has 0 unspecified atom stereocenters. The van der Waals surface area contributed by atoms with Gasteiger partial charge in [-0.25, -0.2) is 9.55 Å². The lowest BCUT2D eigenvalue weighted by molar-refractivity contribution is 0.974. The van der Waals surface area contributed by atoms with Crippen molar-refractivity contribution in [2.45, 2.75) is 0 Å². The largest absolute Gasteiger partial charge is 0.325 e. The van der Waals surface area contributed by atoms with Gasteiger partial charge >= 0.3 is 0 Å². The van der Waals surface area contributed by atoms with E-state index in [9.17, 15) is 4.79 Å². The van der Waals surface area contributed by atoms with Crippen LogP contribution >= 0.6 is 11.6 Å². The molecule has 2 aromatic heterocycles. The second-order valence-electron chi connectivity index (χ2n) is 5.43. The molecule has 0 saturated carbocycles. The van der Waals surface area contributed by atoms with Crippen LogP contribution in [0.25, 0.3) is 16.6 Å². The number of nitrogens with zero attached hydrogens (tertiary/aromatic N) is 3. The molecule has 0 aliphatic rings. The molecule has 5 nitrogen and oxygen atoms in total. The maximum absolute atomic E-state index is 13.1. The van der Waals surface area contributed by atoms with Gasteiger partial charge in [-0.15, -0.1) is 0 Å². The average molecular weight is 349 g/mol. The fraction of sp³-hybridized carbons (Fsp3) is 0. The Labute approximate surface area is 148 Å². The van der Waals surface area contributed by atoms with Crippen LogP contribution in [0.2, 0.25) is 5.02 Å². The Bertz CT molecular complexity index is 1090. The number of benzene rings is 2. The normalized spacial score (nSPS) is 10.8. The maximum atomic E-state index is 13.1. The van der Waals surface area contributed by atoms with Gasteiger partial charge in [-0.2, -0.15) is 0 Å². The number of hydrogen-bond donors (Lipinski definition) is 1. The van der Waals surface area contributed by atoms with Crippen molar-refractivity contribution >= 4 is 34.1 Å². The Balaban J connectivity index is 1.99. The van der Waals surface area contributed by atoms with Crippen LogP contribution in [0.4, 0.5) is 11.6 Å². The summed E-state index contributed by atoms with van der Waals surface area (Å²) in [4.78, 5) is 21.7. The van der Waals surface area contributed by atoms with Crippen LogP contribution in [0.5, 0.6) is 0 Å². The van der Waals surface area contributed by atoms with Crippen LogP contribution < -0.4 is 10.9 Å². The molecule has 0 spiro atoms. The van der Waals surface area contributed by atoms with Crippen LogP contribution in [-0.2, 0) is 0 Å². The second-order valence-corrected chi connectivity index (χ2v) is 5.87. The van der Waals surface area contributed by atoms with E-state index in [0.717, 1.165) is 11.4 Å². The molecule has 0 fully saturated rings. The van der Waals surface area contributed by atoms with Crippen molar-refractivity contribution in [2.75, 3.05) is 5.32 Å². The molecule has 0 radical (unpaired) electrons. The first-order valence-electron chi connectivity index (χ1n) is 7.67. The average Bonchev–Trinajstić information content (AvgIpc) is 2.64. The molecule has 0 bridgehead atoms. The highest BCUT2D eigenvalue weighted by Gasteiger charge is 2.13. The van der Waals surface area contributed by atoms with Gasteiger partial charge in [0.05, 0.1) is 16.6 Å². The summed E-state index contributed by atoms with van der Waals surface area (Å²) in [6.07, 6.45) is 3.35. The number of rotatable bonds is 3. The third kappa shape index (κ3) is 2.97. The van der Waals surface area contributed by atoms with Gasteiger partial charge in [0, 0.05) is 23.1 Å². The lowest BCUT2D eigenvalue weighted by Gasteiger charge is -2.15. The standard InChI is InChI=1S/C19H13ClN4O/c20-13-6-7-17-16(12-13)18(25)24(15-4-2-1-3-5-15)19(23-17)22-14-8-10-21-11-9-14/h1-12H,(H,21,22,23). The van der Waals surface area contributed by atoms with Crippen molar-refractivity contribution in [2.24, 2.45) is 0 Å². The van der Waals surface area contributed by atoms with Gasteiger partial charge in [0.15, 0.2) is 0 Å². The number of anilines is 2. The number of hydrogen-bond acceptors (Lipinski definition) is 4. The van der Waals surface area contributed by atoms with Gasteiger partial charge in [0.2, 0.25) is 5.95 Å². The number of halogens is 1. The van der Waals surface area contributed by atoms with Crippen molar-refractivity contribution in [3.8, 4) is 5.69 Å². The highest BCUT2D eigenvalue weighted by Crippen LogP contribution is 2.21. The summed E-state index contributed by atoms with van der Waals surface area (Å²) in [7, 11) is 0. The van der Waals surface area contributed by atoms with Crippen LogP contribution in [0, 0.1) is 0 Å². The SMILES string of the molecule is O=c1c2cc(Cl)ccc2nc(Nc2ccncc2)n1-c1ccccc1. The molecular formula is C19H13ClN4O. The van der Waals surface area contributed by atoms with E-state index >= 15 is 0 Å². The Hall–Kier alpha value is -3.18. The zero-order valence-electron chi connectivity index (χ0n) is 13.1. The molecule has 4 aromatic rings. The van der Waals surface area contributed by atoms with Crippen LogP contribution in [0.3, 0.4) is 0 Å². The van der Waals surface area contributed by atoms with E-state index in [2.05, 4.69) is 15.3 Å². The lowest BCUT2D eigenvalue weighted by atomic mass is 10.2. The zero-order chi connectivity index (χ0) is 17.2. The van der Waals surface area contributed by atoms with Gasteiger partial charge in [-0.3, -0.25) is 9.78 Å². The quantitative estimate of drug-likeness (QED) is 0.603. The molecule has 2 heterocycles. The number of aromatic nitrogens is 3. The maximum Gasteiger partial charge on any atom is 0.267 e. The number of nitrogens with one attached hydrogen (secondary N) is 1. The summed E-state index contributed by atoms with van der Waals surface area (Å²) in [5.41, 5.74) is 1.91. The summed E-state index contributed by atoms with van der Waals surface area (Å²) >= 11 is 6.06. The molecule has 0 atom stereocenters. The highest BCUT2D eigenvalue weighted by molar-refractivity contribution is 6.31. The Morgan fingerprint density at radius 3 is 2.48 bits per heavy atom. The van der Waals surface area contributed by atoms with E-state index in [4.69, 9.17) is 11.6 Å². The smallest absolute Gasteiger partial charge is 0.267 e. The van der Waals surface area contributed by atoms with E-state index < -0.39 is 0 Å². The van der Waals surface area contributed by atoms with Crippen molar-refractivity contribution in [1.29, 1.82) is 0 Å². The summed E-state index contributed by atoms with van der Waals surface area (Å²) in [5.74, 6) is 0.428. The molecular weight excluding hydrogens is 336 g/mol. The Kier molecular flexibility index (Phi) is 3.91. The molecule has 0 aliphatic heterocycles. The van der Waals surface area contributed by atoms with Crippen molar-refractivity contribution in [3.63, 3.8) is 0 Å². The molecule has 6 heteroatoms. The Morgan fingerprint density at radius 1 is 0.960 bits per heavy atom. The summed E-state index contributed by atoms with van der Waals surface area (Å²) in [6, 6.07) is 18.1. The summed E-state index contributed by atoms with van der Waals surface area (Å²) in [6.45, 7) is 0. The van der Waals surface area contributed by atoms with Crippen LogP contribution in [-0.4, -0.2) is 14.5 Å². The molecule has 1 N–H and O–H groups in total. The number of pyridine rings is 1. The first-order chi connectivity index (χ1) is 12.2. The lowest BCUT2D eigenvalue weighted by Crippen LogP contribution is -2.22. The predicted molar refractivity (Wildman–Crippen MR) is 99.9 cm³/mol. The molecule has 122 valence electrons. The minimum Gasteiger partial charge on any atom is -0.325 e. The van der Waals surface area contributed by atoms with Crippen molar-refractivity contribution in [1.82, 2.24) is 14.5 Å². The molecule has 2 aromatic carbocycles. The topological polar surface area (TPSA) is 59.8 Å². The van der Waals surface area contributed by atoms with E-state index in [1.54, 1.807) is 35.2 Å². The number of para-hydroxylation sites is 1. The molecule has 25 heavy (non-hydrogen) atoms. The molecule has 4 rings (SSSR count). The fourth-order valence-corrected chi connectivity index (χ4v) is 2.79. The second kappa shape index (κ2) is 6.37. The number of fused-ring (bicyclic) bond motifs is 1. The zero-order valence-corrected chi connectivity index (χ0v) is 13.8. The molecule has 0 amide bonds. The summed E-state index contributed by atoms with van der Waals surface area (Å²) in [5, 5.41) is 4.17. The van der Waals surface area contributed by atoms with Gasteiger partial charge in [0.25, 0.3) is 5.56 Å². The third-order valence-corrected chi connectivity index (χ3v) is 4.02. The first-order valence-corrected chi connectivity index (χ1v) is 8.05. The van der Waals surface area contributed by atoms with Crippen molar-refractivity contribution < 1.29 is 0 Å². The van der Waals surface area contributed by atoms with Crippen molar-refractivity contribution in [3.05, 3.63) is 88.4 Å². The summed E-state index contributed by atoms with van der Waals surface area (Å²) < 4.78 is 1.54. The minimum absolute atomic E-state index is 0.185. The van der Waals surface area contributed by atoms with E-state index in [0.29, 0.717) is 21.9 Å². The predicted octanol–water partition coefficient (Wildman–Crippen LogP) is 4.18.